The molecule has 2 aromatic carbocycles. The molecule has 0 fully saturated rings. The van der Waals surface area contributed by atoms with Gasteiger partial charge in [0.05, 0.1) is 10.7 Å². The fourth-order valence-corrected chi connectivity index (χ4v) is 4.06. The molecule has 0 aliphatic rings. The number of aromatic nitrogens is 2. The van der Waals surface area contributed by atoms with Gasteiger partial charge in [0.15, 0.2) is 11.9 Å². The zero-order valence-corrected chi connectivity index (χ0v) is 22.8. The van der Waals surface area contributed by atoms with Gasteiger partial charge in [0.25, 0.3) is 5.91 Å². The number of nitrogens with zero attached hydrogens (tertiary/aromatic N) is 2. The highest BCUT2D eigenvalue weighted by Crippen LogP contribution is 2.31. The van der Waals surface area contributed by atoms with Crippen molar-refractivity contribution in [1.82, 2.24) is 14.9 Å². The maximum atomic E-state index is 12.8. The minimum atomic E-state index is -4.55. The molecule has 210 valence electrons. The van der Waals surface area contributed by atoms with E-state index in [9.17, 15) is 27.9 Å². The molecule has 1 amide bonds. The summed E-state index contributed by atoms with van der Waals surface area (Å²) in [7, 11) is 1.78. The summed E-state index contributed by atoms with van der Waals surface area (Å²) in [6.45, 7) is 4.35. The van der Waals surface area contributed by atoms with Crippen molar-refractivity contribution < 1.29 is 32.6 Å². The normalized spacial score (nSPS) is 13.3. The van der Waals surface area contributed by atoms with Crippen LogP contribution in [0.2, 0.25) is 5.02 Å². The van der Waals surface area contributed by atoms with Crippen LogP contribution < -0.4 is 10.1 Å². The van der Waals surface area contributed by atoms with Gasteiger partial charge >= 0.3 is 6.18 Å². The first-order valence-electron chi connectivity index (χ1n) is 12.4. The van der Waals surface area contributed by atoms with Crippen LogP contribution in [0.15, 0.2) is 48.7 Å². The largest absolute Gasteiger partial charge is 0.480 e. The van der Waals surface area contributed by atoms with Gasteiger partial charge < -0.3 is 19.7 Å². The van der Waals surface area contributed by atoms with Gasteiger partial charge in [-0.2, -0.15) is 13.2 Å². The maximum absolute atomic E-state index is 12.8. The summed E-state index contributed by atoms with van der Waals surface area (Å²) in [6.07, 6.45) is -4.11. The molecule has 11 heteroatoms. The van der Waals surface area contributed by atoms with Crippen molar-refractivity contribution >= 4 is 23.3 Å². The molecule has 1 heterocycles. The number of Topliss-reactive ketones (excluding diaryl/α,β-unsaturated/α-hetero) is 1. The standard InChI is InChI=1S/C28H31ClF3N3O4/c1-16(2)25(37)26-34-23(15-35(26)4)19-7-5-18(6-8-19)13-21(11-12-36)33-27(38)20-9-10-24(22(29)14-20)39-17(3)28(30,31)32/h5-10,14-17,21,36H,11-13H2,1-4H3,(H,33,38). The van der Waals surface area contributed by atoms with E-state index in [0.29, 0.717) is 17.9 Å². The van der Waals surface area contributed by atoms with E-state index in [1.807, 2.05) is 38.1 Å². The van der Waals surface area contributed by atoms with Crippen LogP contribution in [-0.4, -0.2) is 51.3 Å². The van der Waals surface area contributed by atoms with Crippen molar-refractivity contribution in [2.75, 3.05) is 6.61 Å². The molecule has 2 atom stereocenters. The SMILES string of the molecule is CC(C)C(=O)c1nc(-c2ccc(CC(CCO)NC(=O)c3ccc(OC(C)C(F)(F)F)c(Cl)c3)cc2)cn1C. The number of nitrogens with one attached hydrogen (secondary N) is 1. The predicted octanol–water partition coefficient (Wildman–Crippen LogP) is 5.63. The van der Waals surface area contributed by atoms with E-state index in [1.54, 1.807) is 17.8 Å². The number of carbonyl (C=O) groups excluding carboxylic acids is 2. The number of aryl methyl sites for hydroxylation is 1. The highest BCUT2D eigenvalue weighted by molar-refractivity contribution is 6.32. The van der Waals surface area contributed by atoms with Crippen LogP contribution in [0.3, 0.4) is 0 Å². The number of hydrogen-bond acceptors (Lipinski definition) is 5. The predicted molar refractivity (Wildman–Crippen MR) is 142 cm³/mol. The third kappa shape index (κ3) is 7.83. The lowest BCUT2D eigenvalue weighted by Crippen LogP contribution is -2.37. The first-order valence-corrected chi connectivity index (χ1v) is 12.8. The van der Waals surface area contributed by atoms with Crippen molar-refractivity contribution in [2.24, 2.45) is 13.0 Å². The van der Waals surface area contributed by atoms with Gasteiger partial charge in [-0.1, -0.05) is 49.7 Å². The number of rotatable bonds is 11. The molecule has 0 radical (unpaired) electrons. The average molecular weight is 566 g/mol. The molecule has 39 heavy (non-hydrogen) atoms. The Bertz CT molecular complexity index is 1310. The number of carbonyl (C=O) groups is 2. The quantitative estimate of drug-likeness (QED) is 0.294. The smallest absolute Gasteiger partial charge is 0.425 e. The van der Waals surface area contributed by atoms with Gasteiger partial charge in [0, 0.05) is 42.9 Å². The zero-order chi connectivity index (χ0) is 28.9. The lowest BCUT2D eigenvalue weighted by Gasteiger charge is -2.20. The molecule has 0 aliphatic carbocycles. The fraction of sp³-hybridized carbons (Fsp3) is 0.393. The number of alkyl halides is 3. The molecule has 3 rings (SSSR count). The van der Waals surface area contributed by atoms with E-state index in [4.69, 9.17) is 16.3 Å². The number of aliphatic hydroxyl groups is 1. The summed E-state index contributed by atoms with van der Waals surface area (Å²) >= 11 is 6.07. The molecule has 2 N–H and O–H groups in total. The monoisotopic (exact) mass is 565 g/mol. The van der Waals surface area contributed by atoms with Gasteiger partial charge in [-0.15, -0.1) is 0 Å². The van der Waals surface area contributed by atoms with Crippen LogP contribution >= 0.6 is 11.6 Å². The Morgan fingerprint density at radius 2 is 1.79 bits per heavy atom. The lowest BCUT2D eigenvalue weighted by atomic mass is 10.0. The molecule has 0 bridgehead atoms. The Morgan fingerprint density at radius 1 is 1.13 bits per heavy atom. The highest BCUT2D eigenvalue weighted by Gasteiger charge is 2.38. The van der Waals surface area contributed by atoms with Crippen molar-refractivity contribution in [2.45, 2.75) is 51.9 Å². The number of halogens is 4. The van der Waals surface area contributed by atoms with Gasteiger partial charge in [-0.25, -0.2) is 4.98 Å². The Hall–Kier alpha value is -3.37. The Morgan fingerprint density at radius 3 is 2.36 bits per heavy atom. The average Bonchev–Trinajstić information content (AvgIpc) is 3.25. The van der Waals surface area contributed by atoms with Crippen LogP contribution in [0.1, 0.15) is 53.7 Å². The molecule has 1 aromatic heterocycles. The first-order chi connectivity index (χ1) is 18.3. The number of imidazole rings is 1. The van der Waals surface area contributed by atoms with Crippen LogP contribution in [0.4, 0.5) is 13.2 Å². The third-order valence-electron chi connectivity index (χ3n) is 6.12. The summed E-state index contributed by atoms with van der Waals surface area (Å²) in [5, 5.41) is 12.2. The van der Waals surface area contributed by atoms with Crippen molar-refractivity contribution in [3.05, 3.63) is 70.6 Å². The number of benzene rings is 2. The maximum Gasteiger partial charge on any atom is 0.425 e. The number of ether oxygens (including phenoxy) is 1. The summed E-state index contributed by atoms with van der Waals surface area (Å²) in [5.74, 6) is -0.483. The van der Waals surface area contributed by atoms with E-state index in [2.05, 4.69) is 10.3 Å². The van der Waals surface area contributed by atoms with E-state index in [0.717, 1.165) is 18.1 Å². The number of amides is 1. The minimum absolute atomic E-state index is 0.0396. The zero-order valence-electron chi connectivity index (χ0n) is 22.1. The first kappa shape index (κ1) is 30.2. The minimum Gasteiger partial charge on any atom is -0.480 e. The van der Waals surface area contributed by atoms with E-state index < -0.39 is 24.2 Å². The second-order valence-electron chi connectivity index (χ2n) is 9.61. The molecule has 3 aromatic rings. The Labute approximate surface area is 230 Å². The van der Waals surface area contributed by atoms with Crippen molar-refractivity contribution in [1.29, 1.82) is 0 Å². The van der Waals surface area contributed by atoms with E-state index in [-0.39, 0.29) is 41.1 Å². The topological polar surface area (TPSA) is 93.4 Å². The molecule has 2 unspecified atom stereocenters. The Balaban J connectivity index is 1.68. The molecule has 0 saturated carbocycles. The molecule has 0 aliphatic heterocycles. The van der Waals surface area contributed by atoms with Crippen LogP contribution in [0.25, 0.3) is 11.3 Å². The molecule has 7 nitrogen and oxygen atoms in total. The van der Waals surface area contributed by atoms with Gasteiger partial charge in [-0.3, -0.25) is 9.59 Å². The second-order valence-corrected chi connectivity index (χ2v) is 10.0. The van der Waals surface area contributed by atoms with Crippen molar-refractivity contribution in [3.63, 3.8) is 0 Å². The molecular weight excluding hydrogens is 535 g/mol. The molecule has 0 saturated heterocycles. The van der Waals surface area contributed by atoms with E-state index in [1.165, 1.54) is 18.2 Å². The molecular formula is C28H31ClF3N3O4. The lowest BCUT2D eigenvalue weighted by molar-refractivity contribution is -0.189. The summed E-state index contributed by atoms with van der Waals surface area (Å²) < 4.78 is 44.9. The number of hydrogen-bond donors (Lipinski definition) is 2. The van der Waals surface area contributed by atoms with E-state index >= 15 is 0 Å². The number of aliphatic hydroxyl groups excluding tert-OH is 1. The summed E-state index contributed by atoms with van der Waals surface area (Å²) in [4.78, 5) is 29.7. The van der Waals surface area contributed by atoms with Crippen LogP contribution in [-0.2, 0) is 13.5 Å². The highest BCUT2D eigenvalue weighted by atomic mass is 35.5. The van der Waals surface area contributed by atoms with Crippen molar-refractivity contribution in [3.8, 4) is 17.0 Å². The fourth-order valence-electron chi connectivity index (χ4n) is 3.83. The van der Waals surface area contributed by atoms with Gasteiger partial charge in [0.1, 0.15) is 5.75 Å². The summed E-state index contributed by atoms with van der Waals surface area (Å²) in [6, 6.07) is 10.9. The van der Waals surface area contributed by atoms with Gasteiger partial charge in [-0.05, 0) is 43.5 Å². The number of ketones is 1. The Kier molecular flexibility index (Phi) is 9.79. The second kappa shape index (κ2) is 12.7. The summed E-state index contributed by atoms with van der Waals surface area (Å²) in [5.41, 5.74) is 2.54. The molecule has 0 spiro atoms. The van der Waals surface area contributed by atoms with Crippen LogP contribution in [0, 0.1) is 5.92 Å². The third-order valence-corrected chi connectivity index (χ3v) is 6.42. The van der Waals surface area contributed by atoms with Gasteiger partial charge in [0.2, 0.25) is 5.78 Å². The van der Waals surface area contributed by atoms with Crippen LogP contribution in [0.5, 0.6) is 5.75 Å².